The Morgan fingerprint density at radius 1 is 0.526 bits per heavy atom. The molecular weight excluding hydrogens is 693 g/mol. The average molecular weight is 737 g/mol. The lowest BCUT2D eigenvalue weighted by Gasteiger charge is -2.10. The highest BCUT2D eigenvalue weighted by atomic mass is 15.0. The summed E-state index contributed by atoms with van der Waals surface area (Å²) in [5.74, 6) is 0. The maximum Gasteiger partial charge on any atom is 0.0632 e. The minimum absolute atomic E-state index is 0.423. The second-order valence-corrected chi connectivity index (χ2v) is 14.0. The molecular formula is C53H44N4. The molecule has 0 fully saturated rings. The first-order valence-electron chi connectivity index (χ1n) is 19.2. The second-order valence-electron chi connectivity index (χ2n) is 14.0. The zero-order valence-corrected chi connectivity index (χ0v) is 32.2. The molecule has 9 rings (SSSR count). The van der Waals surface area contributed by atoms with Gasteiger partial charge in [-0.3, -0.25) is 0 Å². The molecule has 2 aromatic heterocycles. The number of fused-ring (bicyclic) bond motifs is 4. The van der Waals surface area contributed by atoms with Crippen molar-refractivity contribution in [3.8, 4) is 16.8 Å². The van der Waals surface area contributed by atoms with Crippen LogP contribution in [-0.4, -0.2) is 14.8 Å². The molecule has 3 N–H and O–H groups in total. The predicted molar refractivity (Wildman–Crippen MR) is 245 cm³/mol. The summed E-state index contributed by atoms with van der Waals surface area (Å²) in [6.45, 7) is 2.07. The SMILES string of the molecule is C/C=C\c1c(/C=C/c2ccc3c4ccccc4n(-c4ccc(-c5ccccc5)cc4)c3c2)c2ccccc2n1C.N=C(/C=C(\N)c1ccccc1)c1ccccc1. The van der Waals surface area contributed by atoms with Crippen LogP contribution in [0.5, 0.6) is 0 Å². The van der Waals surface area contributed by atoms with Gasteiger partial charge < -0.3 is 20.3 Å². The molecule has 4 nitrogen and oxygen atoms in total. The number of aryl methyl sites for hydroxylation is 1. The second kappa shape index (κ2) is 16.5. The van der Waals surface area contributed by atoms with Crippen molar-refractivity contribution >= 4 is 62.3 Å². The number of aromatic nitrogens is 2. The number of nitrogens with one attached hydrogen (secondary N) is 1. The number of hydrogen-bond acceptors (Lipinski definition) is 2. The molecule has 0 atom stereocenters. The Morgan fingerprint density at radius 3 is 1.77 bits per heavy atom. The average Bonchev–Trinajstić information content (AvgIpc) is 3.74. The van der Waals surface area contributed by atoms with Crippen LogP contribution < -0.4 is 5.73 Å². The van der Waals surface area contributed by atoms with Gasteiger partial charge in [0.1, 0.15) is 0 Å². The van der Waals surface area contributed by atoms with Crippen molar-refractivity contribution in [1.82, 2.24) is 9.13 Å². The van der Waals surface area contributed by atoms with Crippen LogP contribution in [0.4, 0.5) is 0 Å². The third kappa shape index (κ3) is 7.62. The van der Waals surface area contributed by atoms with Gasteiger partial charge in [-0.25, -0.2) is 0 Å². The summed E-state index contributed by atoms with van der Waals surface area (Å²) in [6, 6.07) is 62.8. The van der Waals surface area contributed by atoms with Gasteiger partial charge >= 0.3 is 0 Å². The lowest BCUT2D eigenvalue weighted by atomic mass is 10.1. The van der Waals surface area contributed by atoms with Gasteiger partial charge in [-0.05, 0) is 77.2 Å². The first kappa shape index (κ1) is 36.5. The Hall–Kier alpha value is -7.43. The van der Waals surface area contributed by atoms with Gasteiger partial charge in [0.2, 0.25) is 0 Å². The first-order valence-corrected chi connectivity index (χ1v) is 19.2. The van der Waals surface area contributed by atoms with E-state index >= 15 is 0 Å². The van der Waals surface area contributed by atoms with E-state index in [-0.39, 0.29) is 0 Å². The minimum Gasteiger partial charge on any atom is -0.398 e. The third-order valence-corrected chi connectivity index (χ3v) is 10.4. The number of nitrogens with two attached hydrogens (primary N) is 1. The third-order valence-electron chi connectivity index (χ3n) is 10.4. The lowest BCUT2D eigenvalue weighted by molar-refractivity contribution is 0.953. The van der Waals surface area contributed by atoms with Crippen LogP contribution in [0.15, 0.2) is 194 Å². The van der Waals surface area contributed by atoms with Gasteiger partial charge in [0, 0.05) is 51.4 Å². The molecule has 0 aliphatic carbocycles. The topological polar surface area (TPSA) is 59.7 Å². The molecule has 4 heteroatoms. The summed E-state index contributed by atoms with van der Waals surface area (Å²) in [5, 5.41) is 11.8. The molecule has 2 heterocycles. The summed E-state index contributed by atoms with van der Waals surface area (Å²) in [4.78, 5) is 0. The molecule has 0 spiro atoms. The van der Waals surface area contributed by atoms with E-state index in [1.807, 2.05) is 60.7 Å². The Morgan fingerprint density at radius 2 is 1.09 bits per heavy atom. The zero-order chi connectivity index (χ0) is 39.1. The van der Waals surface area contributed by atoms with E-state index in [4.69, 9.17) is 11.1 Å². The van der Waals surface area contributed by atoms with E-state index < -0.39 is 0 Å². The van der Waals surface area contributed by atoms with Gasteiger partial charge in [-0.2, -0.15) is 0 Å². The fourth-order valence-electron chi connectivity index (χ4n) is 7.53. The van der Waals surface area contributed by atoms with Crippen LogP contribution in [0.3, 0.4) is 0 Å². The zero-order valence-electron chi connectivity index (χ0n) is 32.2. The van der Waals surface area contributed by atoms with Crippen LogP contribution in [0, 0.1) is 5.41 Å². The van der Waals surface area contributed by atoms with Crippen LogP contribution >= 0.6 is 0 Å². The van der Waals surface area contributed by atoms with E-state index in [9.17, 15) is 0 Å². The molecule has 7 aromatic carbocycles. The Kier molecular flexibility index (Phi) is 10.6. The minimum atomic E-state index is 0.423. The van der Waals surface area contributed by atoms with Gasteiger partial charge in [0.15, 0.2) is 0 Å². The molecule has 0 amide bonds. The van der Waals surface area contributed by atoms with E-state index in [1.54, 1.807) is 6.08 Å². The molecule has 9 aromatic rings. The molecule has 0 unspecified atom stereocenters. The fraction of sp³-hybridized carbons (Fsp3) is 0.0377. The monoisotopic (exact) mass is 736 g/mol. The molecule has 0 aliphatic rings. The summed E-state index contributed by atoms with van der Waals surface area (Å²) >= 11 is 0. The summed E-state index contributed by atoms with van der Waals surface area (Å²) in [7, 11) is 2.14. The van der Waals surface area contributed by atoms with Crippen LogP contribution in [0.2, 0.25) is 0 Å². The number of para-hydroxylation sites is 2. The maximum atomic E-state index is 7.95. The molecule has 0 radical (unpaired) electrons. The van der Waals surface area contributed by atoms with Crippen LogP contribution in [-0.2, 0) is 7.05 Å². The van der Waals surface area contributed by atoms with Crippen molar-refractivity contribution in [2.75, 3.05) is 0 Å². The molecule has 57 heavy (non-hydrogen) atoms. The molecule has 0 saturated heterocycles. The van der Waals surface area contributed by atoms with E-state index in [0.717, 1.165) is 16.8 Å². The number of benzene rings is 7. The highest BCUT2D eigenvalue weighted by molar-refractivity contribution is 6.11. The lowest BCUT2D eigenvalue weighted by Crippen LogP contribution is -2.02. The predicted octanol–water partition coefficient (Wildman–Crippen LogP) is 13.2. The van der Waals surface area contributed by atoms with Crippen molar-refractivity contribution < 1.29 is 0 Å². The van der Waals surface area contributed by atoms with Crippen molar-refractivity contribution in [1.29, 1.82) is 5.41 Å². The fourth-order valence-corrected chi connectivity index (χ4v) is 7.53. The van der Waals surface area contributed by atoms with Crippen LogP contribution in [0.1, 0.15) is 34.9 Å². The van der Waals surface area contributed by atoms with E-state index in [2.05, 4.69) is 169 Å². The Balaban J connectivity index is 0.000000224. The normalized spacial score (nSPS) is 11.8. The molecule has 0 saturated carbocycles. The maximum absolute atomic E-state index is 7.95. The van der Waals surface area contributed by atoms with Crippen molar-refractivity contribution in [3.05, 3.63) is 222 Å². The Labute approximate surface area is 334 Å². The number of allylic oxidation sites excluding steroid dienone is 2. The summed E-state index contributed by atoms with van der Waals surface area (Å²) in [6.07, 6.45) is 10.5. The number of hydrogen-bond donors (Lipinski definition) is 2. The molecule has 0 bridgehead atoms. The van der Waals surface area contributed by atoms with E-state index in [1.165, 1.54) is 60.7 Å². The highest BCUT2D eigenvalue weighted by Crippen LogP contribution is 2.34. The van der Waals surface area contributed by atoms with Crippen molar-refractivity contribution in [2.45, 2.75) is 6.92 Å². The Bertz CT molecular complexity index is 2910. The van der Waals surface area contributed by atoms with Gasteiger partial charge in [-0.15, -0.1) is 0 Å². The van der Waals surface area contributed by atoms with E-state index in [0.29, 0.717) is 11.4 Å². The summed E-state index contributed by atoms with van der Waals surface area (Å²) in [5.41, 5.74) is 19.7. The first-order chi connectivity index (χ1) is 28.0. The van der Waals surface area contributed by atoms with Gasteiger partial charge in [0.05, 0.1) is 16.7 Å². The highest BCUT2D eigenvalue weighted by Gasteiger charge is 2.14. The largest absolute Gasteiger partial charge is 0.398 e. The number of nitrogens with zero attached hydrogens (tertiary/aromatic N) is 2. The number of rotatable bonds is 8. The molecule has 0 aliphatic heterocycles. The van der Waals surface area contributed by atoms with Gasteiger partial charge in [-0.1, -0.05) is 170 Å². The smallest absolute Gasteiger partial charge is 0.0632 e. The summed E-state index contributed by atoms with van der Waals surface area (Å²) < 4.78 is 4.66. The van der Waals surface area contributed by atoms with Crippen molar-refractivity contribution in [3.63, 3.8) is 0 Å². The van der Waals surface area contributed by atoms with Crippen LogP contribution in [0.25, 0.3) is 73.4 Å². The van der Waals surface area contributed by atoms with Crippen molar-refractivity contribution in [2.24, 2.45) is 12.8 Å². The van der Waals surface area contributed by atoms with Gasteiger partial charge in [0.25, 0.3) is 0 Å². The standard InChI is InChI=1S/C38H30N2.C15H14N2/c1-3-11-35-33(31-14-7-9-16-36(31)39(35)2)24-18-27-19-25-34-32-15-8-10-17-37(32)40(38(34)26-27)30-22-20-29(21-23-30)28-12-5-4-6-13-28;16-14(12-7-3-1-4-8-12)11-15(17)13-9-5-2-6-10-13/h3-26H,1-2H3;1-11,16H,17H2/b11-3-,24-18+;15-11-,16-14?. The molecule has 276 valence electrons. The quantitative estimate of drug-likeness (QED) is 0.150.